The molecule has 0 spiro atoms. The van der Waals surface area contributed by atoms with Gasteiger partial charge in [0.25, 0.3) is 5.75 Å². The van der Waals surface area contributed by atoms with Crippen LogP contribution in [0.25, 0.3) is 0 Å². The van der Waals surface area contributed by atoms with Crippen molar-refractivity contribution in [3.05, 3.63) is 29.8 Å². The van der Waals surface area contributed by atoms with E-state index in [9.17, 15) is 13.2 Å². The molecular weight excluding hydrogens is 233 g/mol. The molecule has 1 unspecified atom stereocenters. The summed E-state index contributed by atoms with van der Waals surface area (Å²) in [6, 6.07) is 4.78. The summed E-state index contributed by atoms with van der Waals surface area (Å²) in [5.74, 6) is -1.60. The first kappa shape index (κ1) is 12.1. The van der Waals surface area contributed by atoms with Crippen LogP contribution in [-0.4, -0.2) is 12.9 Å². The minimum absolute atomic E-state index is 0.355. The van der Waals surface area contributed by atoms with Gasteiger partial charge in [-0.3, -0.25) is 0 Å². The Morgan fingerprint density at radius 3 is 2.40 bits per heavy atom. The standard InChI is InChI=1S/C9H8ClF3O2/c1-14-8(10)15-7-5-3-2-4-6(7)9(11,12)13/h2-5,8H,1H3. The third-order valence-corrected chi connectivity index (χ3v) is 1.86. The number of ether oxygens (including phenoxy) is 2. The summed E-state index contributed by atoms with van der Waals surface area (Å²) >= 11 is 5.41. The van der Waals surface area contributed by atoms with Gasteiger partial charge in [0.05, 0.1) is 5.56 Å². The SMILES string of the molecule is COC(Cl)Oc1ccccc1C(F)(F)F. The molecule has 0 fully saturated rings. The number of rotatable bonds is 3. The minimum atomic E-state index is -4.47. The molecule has 6 heteroatoms. The monoisotopic (exact) mass is 240 g/mol. The first-order chi connectivity index (χ1) is 6.95. The summed E-state index contributed by atoms with van der Waals surface area (Å²) in [5.41, 5.74) is -0.882. The van der Waals surface area contributed by atoms with E-state index in [1.54, 1.807) is 0 Å². The summed E-state index contributed by atoms with van der Waals surface area (Å²) in [4.78, 5) is 0. The van der Waals surface area contributed by atoms with E-state index in [4.69, 9.17) is 16.3 Å². The van der Waals surface area contributed by atoms with Crippen LogP contribution in [0.5, 0.6) is 5.75 Å². The van der Waals surface area contributed by atoms with Crippen LogP contribution in [-0.2, 0) is 10.9 Å². The second-order valence-electron chi connectivity index (χ2n) is 2.62. The summed E-state index contributed by atoms with van der Waals surface area (Å²) in [5, 5.41) is 0. The number of alkyl halides is 4. The van der Waals surface area contributed by atoms with Crippen molar-refractivity contribution in [3.63, 3.8) is 0 Å². The predicted octanol–water partition coefficient (Wildman–Crippen LogP) is 3.25. The molecule has 0 N–H and O–H groups in total. The van der Waals surface area contributed by atoms with Gasteiger partial charge in [0.2, 0.25) is 0 Å². The van der Waals surface area contributed by atoms with Crippen LogP contribution >= 0.6 is 11.6 Å². The molecule has 0 aliphatic carbocycles. The van der Waals surface area contributed by atoms with Crippen molar-refractivity contribution in [2.24, 2.45) is 0 Å². The third kappa shape index (κ3) is 3.28. The lowest BCUT2D eigenvalue weighted by atomic mass is 10.2. The maximum atomic E-state index is 12.4. The van der Waals surface area contributed by atoms with Crippen LogP contribution < -0.4 is 4.74 Å². The summed E-state index contributed by atoms with van der Waals surface area (Å²) in [7, 11) is 1.23. The lowest BCUT2D eigenvalue weighted by Crippen LogP contribution is -2.15. The van der Waals surface area contributed by atoms with Crippen molar-refractivity contribution >= 4 is 11.6 Å². The van der Waals surface area contributed by atoms with Crippen LogP contribution in [0.3, 0.4) is 0 Å². The van der Waals surface area contributed by atoms with E-state index in [0.29, 0.717) is 0 Å². The Labute approximate surface area is 89.6 Å². The van der Waals surface area contributed by atoms with Crippen LogP contribution in [0.4, 0.5) is 13.2 Å². The molecule has 15 heavy (non-hydrogen) atoms. The Balaban J connectivity index is 2.97. The van der Waals surface area contributed by atoms with Gasteiger partial charge >= 0.3 is 6.18 Å². The molecule has 1 aromatic carbocycles. The van der Waals surface area contributed by atoms with Crippen molar-refractivity contribution in [3.8, 4) is 5.75 Å². The number of methoxy groups -OCH3 is 1. The molecule has 1 aromatic rings. The van der Waals surface area contributed by atoms with Gasteiger partial charge in [-0.05, 0) is 23.7 Å². The molecule has 84 valence electrons. The number of hydrogen-bond acceptors (Lipinski definition) is 2. The lowest BCUT2D eigenvalue weighted by Gasteiger charge is -2.15. The van der Waals surface area contributed by atoms with Crippen molar-refractivity contribution in [2.45, 2.75) is 11.9 Å². The van der Waals surface area contributed by atoms with Crippen LogP contribution in [0.1, 0.15) is 5.56 Å². The van der Waals surface area contributed by atoms with Gasteiger partial charge in [-0.15, -0.1) is 0 Å². The second-order valence-corrected chi connectivity index (χ2v) is 2.98. The second kappa shape index (κ2) is 4.72. The van der Waals surface area contributed by atoms with E-state index in [1.165, 1.54) is 25.3 Å². The Bertz CT molecular complexity index is 327. The number of halogens is 4. The molecule has 1 rings (SSSR count). The Morgan fingerprint density at radius 1 is 1.27 bits per heavy atom. The molecule has 0 aromatic heterocycles. The Hall–Kier alpha value is -0.940. The van der Waals surface area contributed by atoms with Crippen LogP contribution in [0.15, 0.2) is 24.3 Å². The fourth-order valence-electron chi connectivity index (χ4n) is 0.952. The molecular formula is C9H8ClF3O2. The fraction of sp³-hybridized carbons (Fsp3) is 0.333. The maximum absolute atomic E-state index is 12.4. The van der Waals surface area contributed by atoms with Gasteiger partial charge in [0.1, 0.15) is 5.75 Å². The topological polar surface area (TPSA) is 18.5 Å². The van der Waals surface area contributed by atoms with E-state index in [2.05, 4.69) is 4.74 Å². The quantitative estimate of drug-likeness (QED) is 0.596. The molecule has 0 radical (unpaired) electrons. The average Bonchev–Trinajstić information content (AvgIpc) is 2.17. The zero-order valence-electron chi connectivity index (χ0n) is 7.72. The molecule has 0 bridgehead atoms. The molecule has 0 aliphatic heterocycles. The molecule has 2 nitrogen and oxygen atoms in total. The van der Waals surface area contributed by atoms with Crippen molar-refractivity contribution in [2.75, 3.05) is 7.11 Å². The molecule has 0 saturated carbocycles. The van der Waals surface area contributed by atoms with E-state index in [0.717, 1.165) is 6.07 Å². The zero-order chi connectivity index (χ0) is 11.5. The van der Waals surface area contributed by atoms with Gasteiger partial charge in [-0.25, -0.2) is 0 Å². The highest BCUT2D eigenvalue weighted by atomic mass is 35.5. The first-order valence-corrected chi connectivity index (χ1v) is 4.38. The van der Waals surface area contributed by atoms with E-state index < -0.39 is 17.5 Å². The van der Waals surface area contributed by atoms with E-state index in [1.807, 2.05) is 0 Å². The predicted molar refractivity (Wildman–Crippen MR) is 48.7 cm³/mol. The molecule has 0 amide bonds. The smallest absolute Gasteiger partial charge is 0.419 e. The normalized spacial score (nSPS) is 13.7. The Kier molecular flexibility index (Phi) is 3.82. The molecule has 1 atom stereocenters. The van der Waals surface area contributed by atoms with Crippen molar-refractivity contribution in [1.82, 2.24) is 0 Å². The number of benzene rings is 1. The van der Waals surface area contributed by atoms with Crippen molar-refractivity contribution in [1.29, 1.82) is 0 Å². The fourth-order valence-corrected chi connectivity index (χ4v) is 1.05. The molecule has 0 aliphatic rings. The van der Waals surface area contributed by atoms with Gasteiger partial charge in [0.15, 0.2) is 0 Å². The maximum Gasteiger partial charge on any atom is 0.419 e. The Morgan fingerprint density at radius 2 is 1.87 bits per heavy atom. The highest BCUT2D eigenvalue weighted by Gasteiger charge is 2.34. The lowest BCUT2D eigenvalue weighted by molar-refractivity contribution is -0.140. The highest BCUT2D eigenvalue weighted by molar-refractivity contribution is 6.18. The van der Waals surface area contributed by atoms with E-state index in [-0.39, 0.29) is 5.75 Å². The number of hydrogen-bond donors (Lipinski definition) is 0. The summed E-state index contributed by atoms with van der Waals surface area (Å²) in [6.45, 7) is 0. The summed E-state index contributed by atoms with van der Waals surface area (Å²) in [6.07, 6.45) is -4.47. The number of para-hydroxylation sites is 1. The van der Waals surface area contributed by atoms with Gasteiger partial charge in [-0.1, -0.05) is 12.1 Å². The van der Waals surface area contributed by atoms with Gasteiger partial charge in [-0.2, -0.15) is 13.2 Å². The third-order valence-electron chi connectivity index (χ3n) is 1.60. The zero-order valence-corrected chi connectivity index (χ0v) is 8.47. The first-order valence-electron chi connectivity index (χ1n) is 3.95. The highest BCUT2D eigenvalue weighted by Crippen LogP contribution is 2.36. The average molecular weight is 241 g/mol. The van der Waals surface area contributed by atoms with Gasteiger partial charge < -0.3 is 9.47 Å². The van der Waals surface area contributed by atoms with Crippen LogP contribution in [0.2, 0.25) is 0 Å². The van der Waals surface area contributed by atoms with Crippen LogP contribution in [0, 0.1) is 0 Å². The minimum Gasteiger partial charge on any atom is -0.450 e. The van der Waals surface area contributed by atoms with Gasteiger partial charge in [0, 0.05) is 7.11 Å². The largest absolute Gasteiger partial charge is 0.450 e. The summed E-state index contributed by atoms with van der Waals surface area (Å²) < 4.78 is 46.6. The molecule has 0 heterocycles. The van der Waals surface area contributed by atoms with Crippen molar-refractivity contribution < 1.29 is 22.6 Å². The van der Waals surface area contributed by atoms with E-state index >= 15 is 0 Å². The molecule has 0 saturated heterocycles.